The summed E-state index contributed by atoms with van der Waals surface area (Å²) >= 11 is 1.49. The number of halogens is 5. The minimum absolute atomic E-state index is 0.0579. The van der Waals surface area contributed by atoms with Gasteiger partial charge in [-0.3, -0.25) is 0 Å². The van der Waals surface area contributed by atoms with Crippen LogP contribution in [0, 0.1) is 3.57 Å². The van der Waals surface area contributed by atoms with Crippen LogP contribution >= 0.6 is 33.3 Å². The number of benzene rings is 1. The number of hydrogen-bond donors (Lipinski definition) is 0. The fourth-order valence-corrected chi connectivity index (χ4v) is 3.58. The first-order chi connectivity index (χ1) is 6.62. The maximum atomic E-state index is 12.2. The first-order valence-electron chi connectivity index (χ1n) is 3.44. The van der Waals surface area contributed by atoms with Crippen LogP contribution in [0.4, 0.5) is 13.2 Å². The van der Waals surface area contributed by atoms with E-state index in [9.17, 15) is 21.6 Å². The molecule has 0 amide bonds. The molecule has 0 saturated heterocycles. The third kappa shape index (κ3) is 3.22. The Morgan fingerprint density at radius 3 is 2.13 bits per heavy atom. The zero-order chi connectivity index (χ0) is 11.9. The van der Waals surface area contributed by atoms with Crippen molar-refractivity contribution in [2.75, 3.05) is 0 Å². The fraction of sp³-hybridized carbons (Fsp3) is 0.143. The SMILES string of the molecule is O=S(=O)(Cl)c1ccc(C(F)(F)F)cc1I. The molecule has 0 bridgehead atoms. The van der Waals surface area contributed by atoms with Crippen molar-refractivity contribution in [1.82, 2.24) is 0 Å². The zero-order valence-corrected chi connectivity index (χ0v) is 10.6. The Bertz CT molecular complexity index is 483. The third-order valence-electron chi connectivity index (χ3n) is 1.52. The van der Waals surface area contributed by atoms with Gasteiger partial charge in [0.05, 0.1) is 10.5 Å². The van der Waals surface area contributed by atoms with Gasteiger partial charge in [0.2, 0.25) is 0 Å². The van der Waals surface area contributed by atoms with Crippen molar-refractivity contribution < 1.29 is 21.6 Å². The smallest absolute Gasteiger partial charge is 0.207 e. The summed E-state index contributed by atoms with van der Waals surface area (Å²) in [5, 5.41) is 0. The molecule has 0 N–H and O–H groups in total. The van der Waals surface area contributed by atoms with Crippen LogP contribution < -0.4 is 0 Å². The van der Waals surface area contributed by atoms with Crippen LogP contribution in [-0.2, 0) is 15.2 Å². The molecule has 1 aromatic rings. The summed E-state index contributed by atoms with van der Waals surface area (Å²) in [5.74, 6) is 0. The minimum atomic E-state index is -4.49. The van der Waals surface area contributed by atoms with Gasteiger partial charge in [-0.15, -0.1) is 0 Å². The Kier molecular flexibility index (Phi) is 3.56. The Labute approximate surface area is 102 Å². The van der Waals surface area contributed by atoms with Gasteiger partial charge in [-0.05, 0) is 40.8 Å². The zero-order valence-electron chi connectivity index (χ0n) is 6.85. The standard InChI is InChI=1S/C7H3ClF3IO2S/c8-15(13,14)6-2-1-4(3-5(6)12)7(9,10)11/h1-3H. The van der Waals surface area contributed by atoms with Crippen molar-refractivity contribution in [1.29, 1.82) is 0 Å². The largest absolute Gasteiger partial charge is 0.416 e. The van der Waals surface area contributed by atoms with Crippen molar-refractivity contribution in [3.05, 3.63) is 27.3 Å². The average molecular weight is 371 g/mol. The molecule has 0 unspecified atom stereocenters. The van der Waals surface area contributed by atoms with E-state index in [0.717, 1.165) is 12.1 Å². The van der Waals surface area contributed by atoms with Gasteiger partial charge in [-0.25, -0.2) is 8.42 Å². The average Bonchev–Trinajstić information content (AvgIpc) is 1.99. The molecular formula is C7H3ClF3IO2S. The maximum Gasteiger partial charge on any atom is 0.416 e. The Morgan fingerprint density at radius 2 is 1.80 bits per heavy atom. The second kappa shape index (κ2) is 4.10. The number of hydrogen-bond acceptors (Lipinski definition) is 2. The minimum Gasteiger partial charge on any atom is -0.207 e. The quantitative estimate of drug-likeness (QED) is 0.562. The summed E-state index contributed by atoms with van der Waals surface area (Å²) in [6, 6.07) is 2.25. The topological polar surface area (TPSA) is 34.1 Å². The lowest BCUT2D eigenvalue weighted by Gasteiger charge is -2.08. The van der Waals surface area contributed by atoms with Gasteiger partial charge in [0, 0.05) is 14.3 Å². The summed E-state index contributed by atoms with van der Waals surface area (Å²) in [6.07, 6.45) is -4.49. The van der Waals surface area contributed by atoms with E-state index in [1.165, 1.54) is 22.6 Å². The van der Waals surface area contributed by atoms with Crippen LogP contribution in [0.5, 0.6) is 0 Å². The first-order valence-corrected chi connectivity index (χ1v) is 6.82. The van der Waals surface area contributed by atoms with Crippen molar-refractivity contribution in [3.8, 4) is 0 Å². The van der Waals surface area contributed by atoms with Crippen LogP contribution in [0.2, 0.25) is 0 Å². The molecule has 15 heavy (non-hydrogen) atoms. The highest BCUT2D eigenvalue weighted by Crippen LogP contribution is 2.32. The van der Waals surface area contributed by atoms with Crippen molar-refractivity contribution in [2.24, 2.45) is 0 Å². The van der Waals surface area contributed by atoms with Crippen molar-refractivity contribution in [2.45, 2.75) is 11.1 Å². The van der Waals surface area contributed by atoms with Gasteiger partial charge < -0.3 is 0 Å². The molecule has 0 spiro atoms. The molecule has 0 fully saturated rings. The molecule has 0 heterocycles. The Morgan fingerprint density at radius 1 is 1.27 bits per heavy atom. The van der Waals surface area contributed by atoms with E-state index in [4.69, 9.17) is 10.7 Å². The van der Waals surface area contributed by atoms with Crippen molar-refractivity contribution >= 4 is 42.3 Å². The van der Waals surface area contributed by atoms with E-state index < -0.39 is 20.8 Å². The monoisotopic (exact) mass is 370 g/mol. The van der Waals surface area contributed by atoms with E-state index in [1.54, 1.807) is 0 Å². The highest BCUT2D eigenvalue weighted by atomic mass is 127. The lowest BCUT2D eigenvalue weighted by atomic mass is 10.2. The van der Waals surface area contributed by atoms with Gasteiger partial charge in [-0.1, -0.05) is 0 Å². The molecule has 0 radical (unpaired) electrons. The first kappa shape index (κ1) is 13.0. The summed E-state index contributed by atoms with van der Waals surface area (Å²) in [4.78, 5) is -0.322. The van der Waals surface area contributed by atoms with Crippen LogP contribution in [0.25, 0.3) is 0 Å². The molecule has 0 aliphatic carbocycles. The Balaban J connectivity index is 3.34. The van der Waals surface area contributed by atoms with E-state index in [2.05, 4.69) is 0 Å². The summed E-state index contributed by atoms with van der Waals surface area (Å²) in [6.45, 7) is 0. The number of rotatable bonds is 1. The third-order valence-corrected chi connectivity index (χ3v) is 4.16. The van der Waals surface area contributed by atoms with Gasteiger partial charge in [0.15, 0.2) is 0 Å². The summed E-state index contributed by atoms with van der Waals surface area (Å²) in [7, 11) is 1.02. The van der Waals surface area contributed by atoms with Gasteiger partial charge in [0.25, 0.3) is 9.05 Å². The molecule has 84 valence electrons. The highest BCUT2D eigenvalue weighted by molar-refractivity contribution is 14.1. The van der Waals surface area contributed by atoms with E-state index in [-0.39, 0.29) is 8.47 Å². The van der Waals surface area contributed by atoms with E-state index in [1.807, 2.05) is 0 Å². The molecule has 8 heteroatoms. The lowest BCUT2D eigenvalue weighted by molar-refractivity contribution is -0.137. The number of alkyl halides is 3. The van der Waals surface area contributed by atoms with Crippen LogP contribution in [0.3, 0.4) is 0 Å². The van der Waals surface area contributed by atoms with Gasteiger partial charge in [0.1, 0.15) is 0 Å². The molecule has 0 atom stereocenters. The molecule has 0 aliphatic rings. The van der Waals surface area contributed by atoms with Crippen molar-refractivity contribution in [3.63, 3.8) is 0 Å². The molecular weight excluding hydrogens is 367 g/mol. The molecule has 1 rings (SSSR count). The normalized spacial score (nSPS) is 12.9. The predicted molar refractivity (Wildman–Crippen MR) is 57.2 cm³/mol. The highest BCUT2D eigenvalue weighted by Gasteiger charge is 2.31. The summed E-state index contributed by atoms with van der Waals surface area (Å²) < 4.78 is 58.4. The van der Waals surface area contributed by atoms with Crippen LogP contribution in [0.1, 0.15) is 5.56 Å². The molecule has 2 nitrogen and oxygen atoms in total. The van der Waals surface area contributed by atoms with Gasteiger partial charge >= 0.3 is 6.18 Å². The molecule has 1 aromatic carbocycles. The van der Waals surface area contributed by atoms with Gasteiger partial charge in [-0.2, -0.15) is 13.2 Å². The van der Waals surface area contributed by atoms with E-state index in [0.29, 0.717) is 6.07 Å². The second-order valence-corrected chi connectivity index (χ2v) is 6.28. The molecule has 0 saturated carbocycles. The predicted octanol–water partition coefficient (Wildman–Crippen LogP) is 3.24. The Hall–Kier alpha value is -0.0200. The molecule has 0 aromatic heterocycles. The fourth-order valence-electron chi connectivity index (χ4n) is 0.875. The lowest BCUT2D eigenvalue weighted by Crippen LogP contribution is -2.06. The second-order valence-electron chi connectivity index (χ2n) is 2.58. The molecule has 0 aliphatic heterocycles. The van der Waals surface area contributed by atoms with Crippen LogP contribution in [0.15, 0.2) is 23.1 Å². The van der Waals surface area contributed by atoms with Crippen LogP contribution in [-0.4, -0.2) is 8.42 Å². The maximum absolute atomic E-state index is 12.2. The van der Waals surface area contributed by atoms with E-state index >= 15 is 0 Å². The summed E-state index contributed by atoms with van der Waals surface area (Å²) in [5.41, 5.74) is -0.907.